The topological polar surface area (TPSA) is 112 Å². The Morgan fingerprint density at radius 1 is 1.05 bits per heavy atom. The van der Waals surface area contributed by atoms with Gasteiger partial charge in [-0.05, 0) is 61.9 Å². The zero-order valence-corrected chi connectivity index (χ0v) is 22.6. The number of amides is 1. The van der Waals surface area contributed by atoms with Crippen LogP contribution in [0.25, 0.3) is 22.0 Å². The summed E-state index contributed by atoms with van der Waals surface area (Å²) in [6.07, 6.45) is 8.08. The Labute approximate surface area is 233 Å². The number of fused-ring (bicyclic) bond motifs is 1. The summed E-state index contributed by atoms with van der Waals surface area (Å²) in [5.74, 6) is 2.56. The van der Waals surface area contributed by atoms with E-state index in [9.17, 15) is 9.90 Å². The molecule has 2 aromatic carbocycles. The van der Waals surface area contributed by atoms with Gasteiger partial charge in [0.2, 0.25) is 11.8 Å². The first-order valence-corrected chi connectivity index (χ1v) is 14.0. The van der Waals surface area contributed by atoms with E-state index in [-0.39, 0.29) is 6.04 Å². The summed E-state index contributed by atoms with van der Waals surface area (Å²) in [6, 6.07) is 16.1. The lowest BCUT2D eigenvalue weighted by molar-refractivity contribution is 0.132. The predicted octanol–water partition coefficient (Wildman–Crippen LogP) is 6.56. The molecule has 1 amide bonds. The second-order valence-corrected chi connectivity index (χ2v) is 10.7. The van der Waals surface area contributed by atoms with E-state index in [1.54, 1.807) is 12.4 Å². The van der Waals surface area contributed by atoms with E-state index in [1.807, 2.05) is 25.1 Å². The summed E-state index contributed by atoms with van der Waals surface area (Å²) >= 11 is 0. The molecule has 3 heterocycles. The van der Waals surface area contributed by atoms with Gasteiger partial charge in [-0.1, -0.05) is 37.1 Å². The van der Waals surface area contributed by atoms with Gasteiger partial charge in [0.1, 0.15) is 5.75 Å². The molecule has 1 aliphatic carbocycles. The minimum atomic E-state index is -0.900. The van der Waals surface area contributed by atoms with Gasteiger partial charge in [0.05, 0.1) is 11.3 Å². The molecule has 9 heteroatoms. The number of benzene rings is 2. The molecule has 1 unspecified atom stereocenters. The van der Waals surface area contributed by atoms with Gasteiger partial charge in [-0.3, -0.25) is 0 Å². The highest BCUT2D eigenvalue weighted by atomic mass is 16.5. The zero-order valence-electron chi connectivity index (χ0n) is 22.6. The molecular weight excluding hydrogens is 504 g/mol. The number of nitrogens with zero attached hydrogens (tertiary/aromatic N) is 4. The van der Waals surface area contributed by atoms with Crippen molar-refractivity contribution in [1.82, 2.24) is 19.9 Å². The fraction of sp³-hybridized carbons (Fsp3) is 0.355. The molecule has 206 valence electrons. The number of rotatable bonds is 9. The molecule has 0 bridgehead atoms. The van der Waals surface area contributed by atoms with Gasteiger partial charge >= 0.3 is 6.09 Å². The first-order valence-electron chi connectivity index (χ1n) is 14.0. The van der Waals surface area contributed by atoms with Crippen molar-refractivity contribution in [1.29, 1.82) is 0 Å². The fourth-order valence-corrected chi connectivity index (χ4v) is 5.34. The van der Waals surface area contributed by atoms with Crippen molar-refractivity contribution in [2.45, 2.75) is 45.1 Å². The molecule has 40 heavy (non-hydrogen) atoms. The number of piperidine rings is 1. The van der Waals surface area contributed by atoms with Gasteiger partial charge in [-0.15, -0.1) is 0 Å². The second kappa shape index (κ2) is 11.4. The maximum atomic E-state index is 11.4. The van der Waals surface area contributed by atoms with Crippen LogP contribution in [0, 0.1) is 12.8 Å². The smallest absolute Gasteiger partial charge is 0.407 e. The van der Waals surface area contributed by atoms with Gasteiger partial charge in [-0.25, -0.2) is 19.7 Å². The number of hydrogen-bond donors (Lipinski definition) is 3. The Balaban J connectivity index is 1.26. The number of likely N-dealkylation sites (tertiary alicyclic amines) is 1. The molecule has 1 atom stereocenters. The molecule has 1 saturated carbocycles. The Kier molecular flexibility index (Phi) is 7.35. The van der Waals surface area contributed by atoms with Crippen molar-refractivity contribution in [3.05, 3.63) is 66.5 Å². The number of ether oxygens (including phenoxy) is 1. The molecule has 9 nitrogen and oxygen atoms in total. The van der Waals surface area contributed by atoms with Crippen LogP contribution in [-0.2, 0) is 0 Å². The maximum absolute atomic E-state index is 11.4. The summed E-state index contributed by atoms with van der Waals surface area (Å²) in [6.45, 7) is 3.97. The lowest BCUT2D eigenvalue weighted by atomic mass is 10.0. The van der Waals surface area contributed by atoms with Crippen LogP contribution in [0.5, 0.6) is 11.6 Å². The molecule has 4 aromatic rings. The maximum Gasteiger partial charge on any atom is 0.407 e. The lowest BCUT2D eigenvalue weighted by Crippen LogP contribution is -2.44. The third-order valence-electron chi connectivity index (χ3n) is 7.70. The number of anilines is 2. The van der Waals surface area contributed by atoms with E-state index < -0.39 is 6.09 Å². The molecule has 0 spiro atoms. The summed E-state index contributed by atoms with van der Waals surface area (Å²) < 4.78 is 6.55. The summed E-state index contributed by atoms with van der Waals surface area (Å²) in [4.78, 5) is 26.6. The molecule has 6 rings (SSSR count). The Morgan fingerprint density at radius 2 is 1.95 bits per heavy atom. The average Bonchev–Trinajstić information content (AvgIpc) is 3.80. The number of nitrogens with one attached hydrogen (secondary N) is 2. The van der Waals surface area contributed by atoms with Crippen LogP contribution in [0.1, 0.15) is 37.7 Å². The fourth-order valence-electron chi connectivity index (χ4n) is 5.34. The molecule has 1 aliphatic heterocycles. The SMILES string of the molecule is Cc1ccc2c(NCCC3CC3)cccc2c1Oc1ncccc1-c1ccnc(NC2CCCN(C(=O)O)C2)n1. The van der Waals surface area contributed by atoms with Gasteiger partial charge in [0.25, 0.3) is 0 Å². The van der Waals surface area contributed by atoms with Crippen molar-refractivity contribution in [2.75, 3.05) is 30.3 Å². The van der Waals surface area contributed by atoms with Crippen LogP contribution >= 0.6 is 0 Å². The Morgan fingerprint density at radius 3 is 2.80 bits per heavy atom. The minimum absolute atomic E-state index is 0.0462. The van der Waals surface area contributed by atoms with E-state index in [0.717, 1.165) is 58.6 Å². The quantitative estimate of drug-likeness (QED) is 0.220. The van der Waals surface area contributed by atoms with E-state index in [4.69, 9.17) is 9.72 Å². The van der Waals surface area contributed by atoms with E-state index in [2.05, 4.69) is 50.9 Å². The van der Waals surface area contributed by atoms with Crippen molar-refractivity contribution >= 4 is 28.5 Å². The lowest BCUT2D eigenvalue weighted by Gasteiger charge is -2.31. The number of pyridine rings is 1. The highest BCUT2D eigenvalue weighted by molar-refractivity contribution is 5.98. The van der Waals surface area contributed by atoms with Crippen LogP contribution in [-0.4, -0.2) is 56.7 Å². The molecule has 2 aliphatic rings. The molecular formula is C31H34N6O3. The third-order valence-corrected chi connectivity index (χ3v) is 7.70. The van der Waals surface area contributed by atoms with Crippen LogP contribution in [0.15, 0.2) is 60.9 Å². The first-order chi connectivity index (χ1) is 19.5. The predicted molar refractivity (Wildman–Crippen MR) is 156 cm³/mol. The number of carbonyl (C=O) groups is 1. The van der Waals surface area contributed by atoms with E-state index in [1.165, 1.54) is 24.2 Å². The van der Waals surface area contributed by atoms with Gasteiger partial charge in [-0.2, -0.15) is 0 Å². The van der Waals surface area contributed by atoms with Crippen LogP contribution in [0.3, 0.4) is 0 Å². The number of hydrogen-bond acceptors (Lipinski definition) is 7. The Hall–Kier alpha value is -4.40. The van der Waals surface area contributed by atoms with Crippen LogP contribution < -0.4 is 15.4 Å². The highest BCUT2D eigenvalue weighted by Gasteiger charge is 2.24. The number of aryl methyl sites for hydroxylation is 1. The van der Waals surface area contributed by atoms with E-state index in [0.29, 0.717) is 30.6 Å². The van der Waals surface area contributed by atoms with Gasteiger partial charge in [0.15, 0.2) is 0 Å². The summed E-state index contributed by atoms with van der Waals surface area (Å²) in [7, 11) is 0. The highest BCUT2D eigenvalue weighted by Crippen LogP contribution is 2.39. The molecule has 2 aromatic heterocycles. The van der Waals surface area contributed by atoms with Crippen LogP contribution in [0.2, 0.25) is 0 Å². The monoisotopic (exact) mass is 538 g/mol. The third kappa shape index (κ3) is 5.78. The average molecular weight is 539 g/mol. The molecule has 3 N–H and O–H groups in total. The summed E-state index contributed by atoms with van der Waals surface area (Å²) in [5.41, 5.74) is 3.55. The largest absolute Gasteiger partial charge is 0.465 e. The van der Waals surface area contributed by atoms with Crippen LogP contribution in [0.4, 0.5) is 16.4 Å². The van der Waals surface area contributed by atoms with Crippen molar-refractivity contribution in [3.63, 3.8) is 0 Å². The van der Waals surface area contributed by atoms with Crippen molar-refractivity contribution < 1.29 is 14.6 Å². The standard InChI is InChI=1S/C31H34N6O3/c1-20-9-12-23-24(6-2-8-26(23)32-16-13-21-10-11-21)28(20)40-29-25(7-3-15-33-29)27-14-17-34-30(36-27)35-22-5-4-18-37(19-22)31(38)39/h2-3,6-9,12,14-15,17,21-22,32H,4-5,10-11,13,16,18-19H2,1H3,(H,38,39)(H,34,35,36). The Bertz CT molecular complexity index is 1520. The number of carboxylic acid groups (broad SMARTS) is 1. The normalized spacial score (nSPS) is 17.0. The van der Waals surface area contributed by atoms with E-state index >= 15 is 0 Å². The van der Waals surface area contributed by atoms with Crippen molar-refractivity contribution in [3.8, 4) is 22.9 Å². The minimum Gasteiger partial charge on any atom is -0.465 e. The van der Waals surface area contributed by atoms with Crippen molar-refractivity contribution in [2.24, 2.45) is 5.92 Å². The molecule has 0 radical (unpaired) electrons. The van der Waals surface area contributed by atoms with Gasteiger partial charge < -0.3 is 25.4 Å². The first kappa shape index (κ1) is 25.9. The second-order valence-electron chi connectivity index (χ2n) is 10.7. The summed E-state index contributed by atoms with van der Waals surface area (Å²) in [5, 5.41) is 18.5. The van der Waals surface area contributed by atoms with Gasteiger partial charge in [0, 0.05) is 54.5 Å². The molecule has 2 fully saturated rings. The zero-order chi connectivity index (χ0) is 27.5. The molecule has 1 saturated heterocycles. The number of aromatic nitrogens is 3.